The van der Waals surface area contributed by atoms with Crippen molar-refractivity contribution < 1.29 is 9.53 Å². The first-order valence-corrected chi connectivity index (χ1v) is 8.27. The summed E-state index contributed by atoms with van der Waals surface area (Å²) >= 11 is 0. The van der Waals surface area contributed by atoms with E-state index >= 15 is 0 Å². The van der Waals surface area contributed by atoms with Crippen molar-refractivity contribution in [2.24, 2.45) is 11.7 Å². The molecule has 122 valence electrons. The lowest BCUT2D eigenvalue weighted by Gasteiger charge is -2.22. The normalized spacial score (nSPS) is 15.5. The van der Waals surface area contributed by atoms with Gasteiger partial charge in [0.1, 0.15) is 6.61 Å². The molecule has 1 heterocycles. The fourth-order valence-electron chi connectivity index (χ4n) is 3.11. The van der Waals surface area contributed by atoms with Crippen molar-refractivity contribution in [1.29, 1.82) is 0 Å². The highest BCUT2D eigenvalue weighted by atomic mass is 16.5. The van der Waals surface area contributed by atoms with Gasteiger partial charge in [0.2, 0.25) is 5.88 Å². The number of hydrogen-bond acceptors (Lipinski definition) is 3. The Morgan fingerprint density at radius 3 is 2.65 bits per heavy atom. The molecule has 2 N–H and O–H groups in total. The van der Waals surface area contributed by atoms with E-state index in [0.717, 1.165) is 12.1 Å². The summed E-state index contributed by atoms with van der Waals surface area (Å²) in [6.45, 7) is 1.24. The Kier molecular flexibility index (Phi) is 4.95. The molecule has 1 saturated carbocycles. The summed E-state index contributed by atoms with van der Waals surface area (Å²) in [6, 6.07) is 11.6. The number of nitrogens with zero attached hydrogens (tertiary/aromatic N) is 2. The lowest BCUT2D eigenvalue weighted by atomic mass is 9.89. The van der Waals surface area contributed by atoms with Crippen molar-refractivity contribution >= 4 is 5.91 Å². The summed E-state index contributed by atoms with van der Waals surface area (Å²) in [5, 5.41) is 4.33. The molecule has 1 aromatic carbocycles. The smallest absolute Gasteiger partial charge is 0.269 e. The average Bonchev–Trinajstić information content (AvgIpc) is 2.98. The molecule has 1 aliphatic rings. The minimum absolute atomic E-state index is 0.267. The number of primary amides is 1. The third-order valence-electron chi connectivity index (χ3n) is 4.38. The van der Waals surface area contributed by atoms with Crippen LogP contribution in [0.3, 0.4) is 0 Å². The van der Waals surface area contributed by atoms with Crippen LogP contribution < -0.4 is 10.5 Å². The quantitative estimate of drug-likeness (QED) is 0.890. The first kappa shape index (κ1) is 15.6. The van der Waals surface area contributed by atoms with Crippen molar-refractivity contribution in [3.05, 3.63) is 47.7 Å². The monoisotopic (exact) mass is 313 g/mol. The number of carbonyl (C=O) groups excluding carboxylic acids is 1. The second kappa shape index (κ2) is 7.31. The van der Waals surface area contributed by atoms with Crippen molar-refractivity contribution in [3.8, 4) is 5.88 Å². The molecular weight excluding hydrogens is 290 g/mol. The Balaban J connectivity index is 1.72. The van der Waals surface area contributed by atoms with Gasteiger partial charge >= 0.3 is 0 Å². The average molecular weight is 313 g/mol. The van der Waals surface area contributed by atoms with Gasteiger partial charge in [-0.2, -0.15) is 5.10 Å². The SMILES string of the molecule is NC(=O)c1cc(OCc2ccccc2)n(CC2CCCCC2)n1. The fourth-order valence-corrected chi connectivity index (χ4v) is 3.11. The summed E-state index contributed by atoms with van der Waals surface area (Å²) in [4.78, 5) is 11.4. The van der Waals surface area contributed by atoms with Crippen LogP contribution in [0.15, 0.2) is 36.4 Å². The van der Waals surface area contributed by atoms with Crippen LogP contribution in [0.1, 0.15) is 48.2 Å². The minimum atomic E-state index is -0.517. The second-order valence-electron chi connectivity index (χ2n) is 6.19. The van der Waals surface area contributed by atoms with E-state index in [-0.39, 0.29) is 5.69 Å². The molecule has 0 unspecified atom stereocenters. The number of rotatable bonds is 6. The predicted molar refractivity (Wildman–Crippen MR) is 88.1 cm³/mol. The van der Waals surface area contributed by atoms with Crippen molar-refractivity contribution in [2.45, 2.75) is 45.3 Å². The molecule has 1 fully saturated rings. The number of amides is 1. The van der Waals surface area contributed by atoms with Gasteiger partial charge in [-0.3, -0.25) is 4.79 Å². The van der Waals surface area contributed by atoms with E-state index in [1.165, 1.54) is 32.1 Å². The maximum absolute atomic E-state index is 11.4. The Morgan fingerprint density at radius 2 is 1.96 bits per heavy atom. The van der Waals surface area contributed by atoms with Crippen LogP contribution in [0, 0.1) is 5.92 Å². The second-order valence-corrected chi connectivity index (χ2v) is 6.19. The van der Waals surface area contributed by atoms with Gasteiger partial charge < -0.3 is 10.5 Å². The summed E-state index contributed by atoms with van der Waals surface area (Å²) in [7, 11) is 0. The summed E-state index contributed by atoms with van der Waals surface area (Å²) < 4.78 is 7.69. The summed E-state index contributed by atoms with van der Waals surface area (Å²) in [6.07, 6.45) is 6.29. The van der Waals surface area contributed by atoms with Crippen LogP contribution >= 0.6 is 0 Å². The van der Waals surface area contributed by atoms with E-state index in [4.69, 9.17) is 10.5 Å². The van der Waals surface area contributed by atoms with E-state index in [1.54, 1.807) is 10.7 Å². The number of hydrogen-bond donors (Lipinski definition) is 1. The Hall–Kier alpha value is -2.30. The van der Waals surface area contributed by atoms with Gasteiger partial charge in [0.15, 0.2) is 5.69 Å². The van der Waals surface area contributed by atoms with Gasteiger partial charge in [0.05, 0.1) is 0 Å². The van der Waals surface area contributed by atoms with Gasteiger partial charge in [-0.15, -0.1) is 0 Å². The highest BCUT2D eigenvalue weighted by Crippen LogP contribution is 2.27. The standard InChI is InChI=1S/C18H23N3O2/c19-18(22)16-11-17(23-13-15-9-5-2-6-10-15)21(20-16)12-14-7-3-1-4-8-14/h2,5-6,9-11,14H,1,3-4,7-8,12-13H2,(H2,19,22). The molecule has 0 radical (unpaired) electrons. The Morgan fingerprint density at radius 1 is 1.22 bits per heavy atom. The maximum Gasteiger partial charge on any atom is 0.269 e. The van der Waals surface area contributed by atoms with Crippen LogP contribution in [0.4, 0.5) is 0 Å². The Bertz CT molecular complexity index is 646. The van der Waals surface area contributed by atoms with Crippen LogP contribution in [0.2, 0.25) is 0 Å². The molecule has 0 spiro atoms. The van der Waals surface area contributed by atoms with Gasteiger partial charge in [0.25, 0.3) is 5.91 Å². The first-order valence-electron chi connectivity index (χ1n) is 8.27. The zero-order valence-electron chi connectivity index (χ0n) is 13.3. The molecule has 0 aliphatic heterocycles. The molecule has 0 atom stereocenters. The number of carbonyl (C=O) groups is 1. The van der Waals surface area contributed by atoms with Crippen molar-refractivity contribution in [3.63, 3.8) is 0 Å². The largest absolute Gasteiger partial charge is 0.473 e. The lowest BCUT2D eigenvalue weighted by molar-refractivity contribution is 0.0994. The topological polar surface area (TPSA) is 70.1 Å². The fraction of sp³-hybridized carbons (Fsp3) is 0.444. The summed E-state index contributed by atoms with van der Waals surface area (Å²) in [5.74, 6) is 0.702. The molecule has 0 saturated heterocycles. The molecule has 3 rings (SSSR count). The molecule has 1 aromatic heterocycles. The molecule has 1 amide bonds. The van der Waals surface area contributed by atoms with Gasteiger partial charge in [-0.05, 0) is 24.3 Å². The van der Waals surface area contributed by atoms with Gasteiger partial charge in [0, 0.05) is 12.6 Å². The van der Waals surface area contributed by atoms with Crippen LogP contribution in [-0.2, 0) is 13.2 Å². The Labute approximate surface area is 136 Å². The lowest BCUT2D eigenvalue weighted by Crippen LogP contribution is -2.17. The van der Waals surface area contributed by atoms with Crippen LogP contribution in [0.25, 0.3) is 0 Å². The minimum Gasteiger partial charge on any atom is -0.473 e. The molecule has 23 heavy (non-hydrogen) atoms. The molecular formula is C18H23N3O2. The highest BCUT2D eigenvalue weighted by Gasteiger charge is 2.19. The predicted octanol–water partition coefficient (Wildman–Crippen LogP) is 3.14. The molecule has 1 aliphatic carbocycles. The zero-order valence-corrected chi connectivity index (χ0v) is 13.3. The van der Waals surface area contributed by atoms with E-state index in [0.29, 0.717) is 18.4 Å². The van der Waals surface area contributed by atoms with Crippen molar-refractivity contribution in [2.75, 3.05) is 0 Å². The third-order valence-corrected chi connectivity index (χ3v) is 4.38. The van der Waals surface area contributed by atoms with Gasteiger partial charge in [-0.25, -0.2) is 4.68 Å². The van der Waals surface area contributed by atoms with Gasteiger partial charge in [-0.1, -0.05) is 49.6 Å². The van der Waals surface area contributed by atoms with Crippen molar-refractivity contribution in [1.82, 2.24) is 9.78 Å². The zero-order chi connectivity index (χ0) is 16.1. The number of nitrogens with two attached hydrogens (primary N) is 1. The van der Waals surface area contributed by atoms with Crippen LogP contribution in [-0.4, -0.2) is 15.7 Å². The molecule has 5 heteroatoms. The maximum atomic E-state index is 11.4. The third kappa shape index (κ3) is 4.12. The number of aromatic nitrogens is 2. The van der Waals surface area contributed by atoms with E-state index in [1.807, 2.05) is 30.3 Å². The van der Waals surface area contributed by atoms with E-state index < -0.39 is 5.91 Å². The van der Waals surface area contributed by atoms with Crippen LogP contribution in [0.5, 0.6) is 5.88 Å². The molecule has 0 bridgehead atoms. The van der Waals surface area contributed by atoms with E-state index in [2.05, 4.69) is 5.10 Å². The number of benzene rings is 1. The summed E-state index contributed by atoms with van der Waals surface area (Å²) in [5.41, 5.74) is 6.72. The first-order chi connectivity index (χ1) is 11.2. The highest BCUT2D eigenvalue weighted by molar-refractivity contribution is 5.91. The molecule has 5 nitrogen and oxygen atoms in total. The number of ether oxygens (including phenoxy) is 1. The molecule has 2 aromatic rings. The van der Waals surface area contributed by atoms with E-state index in [9.17, 15) is 4.79 Å².